The van der Waals surface area contributed by atoms with Crippen LogP contribution in [0.15, 0.2) is 55.1 Å². The van der Waals surface area contributed by atoms with Crippen LogP contribution in [0.25, 0.3) is 5.57 Å². The predicted molar refractivity (Wildman–Crippen MR) is 73.5 cm³/mol. The Morgan fingerprint density at radius 3 is 2.39 bits per heavy atom. The van der Waals surface area contributed by atoms with Gasteiger partial charge in [-0.25, -0.2) is 4.39 Å². The maximum atomic E-state index is 12.7. The zero-order valence-electron chi connectivity index (χ0n) is 10.2. The van der Waals surface area contributed by atoms with Gasteiger partial charge in [-0.05, 0) is 42.3 Å². The highest BCUT2D eigenvalue weighted by Crippen LogP contribution is 2.16. The van der Waals surface area contributed by atoms with Gasteiger partial charge in [0, 0.05) is 11.1 Å². The fraction of sp³-hybridized carbons (Fsp3) is 0.0588. The largest absolute Gasteiger partial charge is 0.207 e. The Bertz CT molecular complexity index is 625. The number of hydrogen-bond acceptors (Lipinski definition) is 0. The summed E-state index contributed by atoms with van der Waals surface area (Å²) < 4.78 is 12.7. The standard InChI is InChI=1S/C17H13F/c1-13-5-3-4-6-17(13)14(2)7-8-15-9-11-16(18)12-10-15/h3-6,9-12H,2H2,1H3. The molecule has 0 N–H and O–H groups in total. The monoisotopic (exact) mass is 236 g/mol. The summed E-state index contributed by atoms with van der Waals surface area (Å²) in [5, 5.41) is 0. The van der Waals surface area contributed by atoms with Crippen molar-refractivity contribution in [3.63, 3.8) is 0 Å². The quantitative estimate of drug-likeness (QED) is 0.651. The molecule has 2 rings (SSSR count). The Morgan fingerprint density at radius 2 is 1.72 bits per heavy atom. The van der Waals surface area contributed by atoms with Crippen LogP contribution in [0.3, 0.4) is 0 Å². The molecule has 0 aliphatic rings. The molecule has 1 heteroatoms. The van der Waals surface area contributed by atoms with Crippen molar-refractivity contribution in [1.82, 2.24) is 0 Å². The van der Waals surface area contributed by atoms with E-state index in [9.17, 15) is 4.39 Å². The second kappa shape index (κ2) is 5.33. The molecule has 0 aliphatic heterocycles. The molecule has 0 heterocycles. The van der Waals surface area contributed by atoms with Gasteiger partial charge in [-0.15, -0.1) is 0 Å². The maximum absolute atomic E-state index is 12.7. The van der Waals surface area contributed by atoms with Crippen LogP contribution < -0.4 is 0 Å². The number of rotatable bonds is 1. The number of aryl methyl sites for hydroxylation is 1. The van der Waals surface area contributed by atoms with Gasteiger partial charge < -0.3 is 0 Å². The number of benzene rings is 2. The minimum Gasteiger partial charge on any atom is -0.207 e. The minimum atomic E-state index is -0.252. The average Bonchev–Trinajstić information content (AvgIpc) is 2.38. The summed E-state index contributed by atoms with van der Waals surface area (Å²) in [6.45, 7) is 6.00. The van der Waals surface area contributed by atoms with Gasteiger partial charge in [0.15, 0.2) is 0 Å². The van der Waals surface area contributed by atoms with Crippen molar-refractivity contribution in [3.05, 3.63) is 77.6 Å². The third-order valence-corrected chi connectivity index (χ3v) is 2.67. The Kier molecular flexibility index (Phi) is 3.60. The third kappa shape index (κ3) is 2.87. The lowest BCUT2D eigenvalue weighted by Gasteiger charge is -2.02. The van der Waals surface area contributed by atoms with Gasteiger partial charge >= 0.3 is 0 Å². The topological polar surface area (TPSA) is 0 Å². The van der Waals surface area contributed by atoms with E-state index in [0.29, 0.717) is 0 Å². The summed E-state index contributed by atoms with van der Waals surface area (Å²) in [6.07, 6.45) is 0. The van der Waals surface area contributed by atoms with Crippen LogP contribution in [-0.4, -0.2) is 0 Å². The molecule has 0 unspecified atom stereocenters. The van der Waals surface area contributed by atoms with Crippen LogP contribution in [0.1, 0.15) is 16.7 Å². The Hall–Kier alpha value is -2.33. The summed E-state index contributed by atoms with van der Waals surface area (Å²) in [5.41, 5.74) is 3.76. The van der Waals surface area contributed by atoms with Crippen molar-refractivity contribution in [1.29, 1.82) is 0 Å². The van der Waals surface area contributed by atoms with Crippen LogP contribution in [0.2, 0.25) is 0 Å². The first-order valence-corrected chi connectivity index (χ1v) is 5.69. The molecule has 0 saturated carbocycles. The first-order valence-electron chi connectivity index (χ1n) is 5.69. The van der Waals surface area contributed by atoms with E-state index in [4.69, 9.17) is 0 Å². The zero-order chi connectivity index (χ0) is 13.0. The van der Waals surface area contributed by atoms with Gasteiger partial charge in [0.05, 0.1) is 0 Å². The summed E-state index contributed by atoms with van der Waals surface area (Å²) in [4.78, 5) is 0. The van der Waals surface area contributed by atoms with E-state index in [1.165, 1.54) is 12.1 Å². The molecule has 0 saturated heterocycles. The molecule has 0 spiro atoms. The lowest BCUT2D eigenvalue weighted by atomic mass is 10.0. The van der Waals surface area contributed by atoms with Crippen molar-refractivity contribution in [2.24, 2.45) is 0 Å². The third-order valence-electron chi connectivity index (χ3n) is 2.67. The van der Waals surface area contributed by atoms with E-state index in [1.54, 1.807) is 12.1 Å². The van der Waals surface area contributed by atoms with Crippen molar-refractivity contribution in [2.45, 2.75) is 6.92 Å². The summed E-state index contributed by atoms with van der Waals surface area (Å²) >= 11 is 0. The molecule has 0 amide bonds. The van der Waals surface area contributed by atoms with E-state index in [0.717, 1.165) is 22.3 Å². The smallest absolute Gasteiger partial charge is 0.123 e. The molecule has 2 aromatic carbocycles. The summed E-state index contributed by atoms with van der Waals surface area (Å²) in [5.74, 6) is 5.74. The highest BCUT2D eigenvalue weighted by atomic mass is 19.1. The maximum Gasteiger partial charge on any atom is 0.123 e. The van der Waals surface area contributed by atoms with Crippen LogP contribution in [0.5, 0.6) is 0 Å². The van der Waals surface area contributed by atoms with E-state index < -0.39 is 0 Å². The molecule has 0 aromatic heterocycles. The fourth-order valence-corrected chi connectivity index (χ4v) is 1.66. The Labute approximate surface area is 107 Å². The molecule has 0 radical (unpaired) electrons. The van der Waals surface area contributed by atoms with Crippen LogP contribution >= 0.6 is 0 Å². The van der Waals surface area contributed by atoms with Gasteiger partial charge in [-0.1, -0.05) is 42.7 Å². The molecule has 0 fully saturated rings. The van der Waals surface area contributed by atoms with Gasteiger partial charge in [-0.2, -0.15) is 0 Å². The van der Waals surface area contributed by atoms with E-state index in [-0.39, 0.29) is 5.82 Å². The van der Waals surface area contributed by atoms with Crippen LogP contribution in [0, 0.1) is 24.6 Å². The highest BCUT2D eigenvalue weighted by molar-refractivity contribution is 5.79. The number of allylic oxidation sites excluding steroid dienone is 1. The number of hydrogen-bond donors (Lipinski definition) is 0. The summed E-state index contributed by atoms with van der Waals surface area (Å²) in [6, 6.07) is 14.1. The molecular weight excluding hydrogens is 223 g/mol. The second-order valence-electron chi connectivity index (χ2n) is 4.05. The normalized spacial score (nSPS) is 9.44. The van der Waals surface area contributed by atoms with Crippen LogP contribution in [0.4, 0.5) is 4.39 Å². The predicted octanol–water partition coefficient (Wildman–Crippen LogP) is 4.20. The second-order valence-corrected chi connectivity index (χ2v) is 4.05. The van der Waals surface area contributed by atoms with Crippen molar-refractivity contribution >= 4 is 5.57 Å². The highest BCUT2D eigenvalue weighted by Gasteiger charge is 1.98. The van der Waals surface area contributed by atoms with Gasteiger partial charge in [0.2, 0.25) is 0 Å². The van der Waals surface area contributed by atoms with Crippen LogP contribution in [-0.2, 0) is 0 Å². The van der Waals surface area contributed by atoms with Crippen molar-refractivity contribution in [3.8, 4) is 11.8 Å². The van der Waals surface area contributed by atoms with E-state index in [2.05, 4.69) is 18.4 Å². The molecule has 0 bridgehead atoms. The van der Waals surface area contributed by atoms with Gasteiger partial charge in [0.1, 0.15) is 5.82 Å². The van der Waals surface area contributed by atoms with Gasteiger partial charge in [0.25, 0.3) is 0 Å². The summed E-state index contributed by atoms with van der Waals surface area (Å²) in [7, 11) is 0. The Balaban J connectivity index is 2.23. The molecule has 2 aromatic rings. The van der Waals surface area contributed by atoms with Crippen molar-refractivity contribution < 1.29 is 4.39 Å². The number of halogens is 1. The Morgan fingerprint density at radius 1 is 1.06 bits per heavy atom. The molecule has 18 heavy (non-hydrogen) atoms. The van der Waals surface area contributed by atoms with Crippen molar-refractivity contribution in [2.75, 3.05) is 0 Å². The minimum absolute atomic E-state index is 0.252. The molecular formula is C17H13F. The molecule has 0 nitrogen and oxygen atoms in total. The first-order chi connectivity index (χ1) is 8.66. The lowest BCUT2D eigenvalue weighted by molar-refractivity contribution is 0.627. The van der Waals surface area contributed by atoms with E-state index >= 15 is 0 Å². The first kappa shape index (κ1) is 12.1. The molecule has 88 valence electrons. The average molecular weight is 236 g/mol. The fourth-order valence-electron chi connectivity index (χ4n) is 1.66. The zero-order valence-corrected chi connectivity index (χ0v) is 10.2. The molecule has 0 aliphatic carbocycles. The SMILES string of the molecule is C=C(C#Cc1ccc(F)cc1)c1ccccc1C. The lowest BCUT2D eigenvalue weighted by Crippen LogP contribution is -1.84. The van der Waals surface area contributed by atoms with E-state index in [1.807, 2.05) is 31.2 Å². The molecule has 0 atom stereocenters. The van der Waals surface area contributed by atoms with Gasteiger partial charge in [-0.3, -0.25) is 0 Å².